The van der Waals surface area contributed by atoms with E-state index < -0.39 is 23.4 Å². The van der Waals surface area contributed by atoms with Crippen LogP contribution in [0.2, 0.25) is 0 Å². The van der Waals surface area contributed by atoms with Crippen molar-refractivity contribution < 1.29 is 23.7 Å². The van der Waals surface area contributed by atoms with Gasteiger partial charge >= 0.3 is 11.9 Å². The van der Waals surface area contributed by atoms with Crippen LogP contribution in [0.25, 0.3) is 0 Å². The maximum absolute atomic E-state index is 12.6. The summed E-state index contributed by atoms with van der Waals surface area (Å²) in [7, 11) is 0. The zero-order valence-corrected chi connectivity index (χ0v) is 14.7. The fourth-order valence-electron chi connectivity index (χ4n) is 2.56. The minimum absolute atomic E-state index is 0.315. The Morgan fingerprint density at radius 3 is 2.85 bits per heavy atom. The van der Waals surface area contributed by atoms with Crippen molar-refractivity contribution in [1.82, 2.24) is 0 Å². The van der Waals surface area contributed by atoms with Gasteiger partial charge in [-0.2, -0.15) is 0 Å². The van der Waals surface area contributed by atoms with Crippen molar-refractivity contribution in [1.29, 1.82) is 0 Å². The number of esters is 1. The van der Waals surface area contributed by atoms with Gasteiger partial charge in [-0.05, 0) is 24.6 Å². The zero-order valence-electron chi connectivity index (χ0n) is 13.9. The number of nitrogens with zero attached hydrogens (tertiary/aromatic N) is 2. The number of rotatable bonds is 4. The van der Waals surface area contributed by atoms with Gasteiger partial charge in [0.05, 0.1) is 11.8 Å². The van der Waals surface area contributed by atoms with Crippen LogP contribution in [0.4, 0.5) is 11.6 Å². The van der Waals surface area contributed by atoms with Gasteiger partial charge in [0.1, 0.15) is 4.92 Å². The van der Waals surface area contributed by atoms with Gasteiger partial charge in [-0.15, -0.1) is 11.8 Å². The molecule has 1 amide bonds. The first-order valence-corrected chi connectivity index (χ1v) is 8.81. The van der Waals surface area contributed by atoms with Gasteiger partial charge in [-0.1, -0.05) is 19.1 Å². The molecular weight excluding hydrogens is 360 g/mol. The highest BCUT2D eigenvalue weighted by atomic mass is 32.2. The molecule has 2 heterocycles. The smallest absolute Gasteiger partial charge is 0.433 e. The van der Waals surface area contributed by atoms with Gasteiger partial charge in [-0.3, -0.25) is 14.9 Å². The average molecular weight is 376 g/mol. The number of hydrogen-bond acceptors (Lipinski definition) is 7. The summed E-state index contributed by atoms with van der Waals surface area (Å²) in [6.07, 6.45) is 0.809. The molecule has 0 bridgehead atoms. The molecule has 0 radical (unpaired) electrons. The van der Waals surface area contributed by atoms with E-state index in [4.69, 9.17) is 9.15 Å². The van der Waals surface area contributed by atoms with Gasteiger partial charge in [-0.25, -0.2) is 4.79 Å². The quantitative estimate of drug-likeness (QED) is 0.458. The van der Waals surface area contributed by atoms with Gasteiger partial charge in [0.15, 0.2) is 6.61 Å². The van der Waals surface area contributed by atoms with Crippen LogP contribution in [0, 0.1) is 10.1 Å². The molecule has 0 fully saturated rings. The number of fused-ring (bicyclic) bond motifs is 1. The van der Waals surface area contributed by atoms with Crippen molar-refractivity contribution in [3.63, 3.8) is 0 Å². The van der Waals surface area contributed by atoms with E-state index in [-0.39, 0.29) is 11.7 Å². The van der Waals surface area contributed by atoms with Crippen molar-refractivity contribution in [2.75, 3.05) is 18.1 Å². The Morgan fingerprint density at radius 2 is 2.12 bits per heavy atom. The lowest BCUT2D eigenvalue weighted by molar-refractivity contribution is -0.402. The summed E-state index contributed by atoms with van der Waals surface area (Å²) in [4.78, 5) is 36.9. The Hall–Kier alpha value is -2.81. The maximum atomic E-state index is 12.6. The number of hydrogen-bond donors (Lipinski definition) is 0. The predicted molar refractivity (Wildman–Crippen MR) is 94.4 cm³/mol. The fraction of sp³-hybridized carbons (Fsp3) is 0.294. The second-order valence-corrected chi connectivity index (χ2v) is 7.18. The average Bonchev–Trinajstić information content (AvgIpc) is 3.05. The summed E-state index contributed by atoms with van der Waals surface area (Å²) in [5.74, 6) is -2.15. The Morgan fingerprint density at radius 1 is 1.35 bits per heavy atom. The topological polar surface area (TPSA) is 103 Å². The van der Waals surface area contributed by atoms with Crippen molar-refractivity contribution in [2.24, 2.45) is 0 Å². The van der Waals surface area contributed by atoms with E-state index in [1.165, 1.54) is 0 Å². The highest BCUT2D eigenvalue weighted by Gasteiger charge is 2.26. The number of carbonyl (C=O) groups is 2. The Labute approximate surface area is 153 Å². The van der Waals surface area contributed by atoms with Crippen molar-refractivity contribution in [3.05, 3.63) is 52.3 Å². The number of ether oxygens (including phenoxy) is 1. The van der Waals surface area contributed by atoms with E-state index >= 15 is 0 Å². The Bertz CT molecular complexity index is 849. The molecule has 0 saturated carbocycles. The number of carbonyl (C=O) groups excluding carboxylic acids is 2. The lowest BCUT2D eigenvalue weighted by atomic mass is 10.2. The highest BCUT2D eigenvalue weighted by molar-refractivity contribution is 8.00. The molecule has 0 saturated heterocycles. The molecule has 0 aliphatic carbocycles. The van der Waals surface area contributed by atoms with E-state index in [1.807, 2.05) is 24.3 Å². The number of amides is 1. The molecule has 1 atom stereocenters. The van der Waals surface area contributed by atoms with E-state index in [0.717, 1.165) is 29.1 Å². The largest absolute Gasteiger partial charge is 0.450 e. The molecule has 3 rings (SSSR count). The summed E-state index contributed by atoms with van der Waals surface area (Å²) >= 11 is 1.70. The molecule has 1 aromatic heterocycles. The first-order valence-electron chi connectivity index (χ1n) is 7.93. The number of benzene rings is 1. The number of anilines is 1. The third-order valence-electron chi connectivity index (χ3n) is 3.84. The summed E-state index contributed by atoms with van der Waals surface area (Å²) in [6.45, 7) is 2.15. The molecule has 1 aliphatic heterocycles. The van der Waals surface area contributed by atoms with Crippen molar-refractivity contribution in [2.45, 2.75) is 23.5 Å². The van der Waals surface area contributed by atoms with Crippen LogP contribution in [0.5, 0.6) is 0 Å². The van der Waals surface area contributed by atoms with E-state index in [9.17, 15) is 19.7 Å². The number of para-hydroxylation sites is 1. The molecule has 8 nitrogen and oxygen atoms in total. The monoisotopic (exact) mass is 376 g/mol. The minimum atomic E-state index is -0.919. The van der Waals surface area contributed by atoms with Crippen LogP contribution < -0.4 is 4.90 Å². The lowest BCUT2D eigenvalue weighted by Gasteiger charge is -2.22. The summed E-state index contributed by atoms with van der Waals surface area (Å²) < 4.78 is 9.74. The summed E-state index contributed by atoms with van der Waals surface area (Å²) in [5, 5.41) is 10.9. The lowest BCUT2D eigenvalue weighted by Crippen LogP contribution is -2.35. The third-order valence-corrected chi connectivity index (χ3v) is 5.08. The second kappa shape index (κ2) is 7.61. The predicted octanol–water partition coefficient (Wildman–Crippen LogP) is 3.26. The number of nitro groups is 1. The third kappa shape index (κ3) is 3.88. The van der Waals surface area contributed by atoms with Gasteiger partial charge in [0, 0.05) is 16.7 Å². The van der Waals surface area contributed by atoms with Crippen molar-refractivity contribution >= 4 is 35.2 Å². The number of furan rings is 1. The molecule has 1 aliphatic rings. The first kappa shape index (κ1) is 18.0. The van der Waals surface area contributed by atoms with Crippen LogP contribution in [-0.2, 0) is 9.53 Å². The maximum Gasteiger partial charge on any atom is 0.433 e. The Balaban J connectivity index is 1.68. The van der Waals surface area contributed by atoms with E-state index in [1.54, 1.807) is 16.7 Å². The van der Waals surface area contributed by atoms with Crippen LogP contribution in [0.15, 0.2) is 45.7 Å². The van der Waals surface area contributed by atoms with E-state index in [2.05, 4.69) is 6.92 Å². The molecule has 26 heavy (non-hydrogen) atoms. The Kier molecular flexibility index (Phi) is 5.27. The van der Waals surface area contributed by atoms with Gasteiger partial charge in [0.25, 0.3) is 5.91 Å². The van der Waals surface area contributed by atoms with Gasteiger partial charge < -0.3 is 14.1 Å². The molecule has 0 spiro atoms. The molecule has 136 valence electrons. The van der Waals surface area contributed by atoms with E-state index in [0.29, 0.717) is 11.8 Å². The molecule has 2 aromatic rings. The zero-order chi connectivity index (χ0) is 18.7. The summed E-state index contributed by atoms with van der Waals surface area (Å²) in [6, 6.07) is 9.78. The molecule has 0 N–H and O–H groups in total. The molecule has 9 heteroatoms. The summed E-state index contributed by atoms with van der Waals surface area (Å²) in [5.41, 5.74) is 0.788. The van der Waals surface area contributed by atoms with Crippen LogP contribution in [0.3, 0.4) is 0 Å². The van der Waals surface area contributed by atoms with Gasteiger partial charge in [0.2, 0.25) is 5.76 Å². The van der Waals surface area contributed by atoms with Crippen LogP contribution >= 0.6 is 11.8 Å². The second-order valence-electron chi connectivity index (χ2n) is 5.70. The normalized spacial score (nSPS) is 16.5. The first-order chi connectivity index (χ1) is 12.5. The fourth-order valence-corrected chi connectivity index (χ4v) is 3.67. The molecule has 0 unspecified atom stereocenters. The molecule has 1 aromatic carbocycles. The standard InChI is InChI=1S/C17H16N2O6S/c1-11-8-9-18(12-4-2-3-5-14(12)26-11)15(20)10-24-17(21)13-6-7-16(25-13)19(22)23/h2-7,11H,8-10H2,1H3/t11-/m1/s1. The van der Waals surface area contributed by atoms with Crippen LogP contribution in [0.1, 0.15) is 23.9 Å². The molecular formula is C17H16N2O6S. The van der Waals surface area contributed by atoms with Crippen LogP contribution in [-0.4, -0.2) is 35.2 Å². The number of thioether (sulfide) groups is 1. The SMILES string of the molecule is C[C@@H]1CCN(C(=O)COC(=O)c2ccc([N+](=O)[O-])o2)c2ccccc2S1. The highest BCUT2D eigenvalue weighted by Crippen LogP contribution is 2.37. The minimum Gasteiger partial charge on any atom is -0.450 e. The van der Waals surface area contributed by atoms with Crippen molar-refractivity contribution in [3.8, 4) is 0 Å².